The van der Waals surface area contributed by atoms with Crippen molar-refractivity contribution in [3.05, 3.63) is 59.7 Å². The van der Waals surface area contributed by atoms with E-state index in [1.54, 1.807) is 0 Å². The molecule has 3 N–H and O–H groups in total. The number of halogens is 1. The van der Waals surface area contributed by atoms with Crippen LogP contribution in [0.25, 0.3) is 0 Å². The van der Waals surface area contributed by atoms with Gasteiger partial charge in [0.2, 0.25) is 0 Å². The second-order valence-electron chi connectivity index (χ2n) is 6.91. The minimum atomic E-state index is -0.671. The molecular formula is C23H34IN3O3. The molecule has 0 aromatic heterocycles. The largest absolute Gasteiger partial charge is 0.494 e. The fourth-order valence-corrected chi connectivity index (χ4v) is 2.79. The number of nitrogens with one attached hydrogen (secondary N) is 2. The first-order valence-electron chi connectivity index (χ1n) is 10.2. The van der Waals surface area contributed by atoms with E-state index in [1.807, 2.05) is 76.2 Å². The summed E-state index contributed by atoms with van der Waals surface area (Å²) in [5.74, 6) is 2.26. The van der Waals surface area contributed by atoms with Gasteiger partial charge in [0.1, 0.15) is 11.5 Å². The van der Waals surface area contributed by atoms with Gasteiger partial charge in [0, 0.05) is 13.1 Å². The van der Waals surface area contributed by atoms with Gasteiger partial charge in [-0.05, 0) is 63.1 Å². The molecular weight excluding hydrogens is 493 g/mol. The lowest BCUT2D eigenvalue weighted by Gasteiger charge is -2.17. The molecule has 0 bridgehead atoms. The Hall–Kier alpha value is -2.00. The molecule has 6 nitrogen and oxygen atoms in total. The van der Waals surface area contributed by atoms with Crippen LogP contribution in [0.5, 0.6) is 11.5 Å². The van der Waals surface area contributed by atoms with Gasteiger partial charge < -0.3 is 25.2 Å². The number of benzene rings is 2. The van der Waals surface area contributed by atoms with Crippen LogP contribution in [0.2, 0.25) is 0 Å². The maximum Gasteiger partial charge on any atom is 0.191 e. The van der Waals surface area contributed by atoms with Crippen LogP contribution in [0.3, 0.4) is 0 Å². The summed E-state index contributed by atoms with van der Waals surface area (Å²) in [5.41, 5.74) is 1.86. The molecule has 0 amide bonds. The van der Waals surface area contributed by atoms with E-state index >= 15 is 0 Å². The average molecular weight is 527 g/mol. The maximum absolute atomic E-state index is 10.6. The SMILES string of the molecule is CCNC(=NCc1cccc(OCC)c1)NCC(O)c1cccc(OC(C)C)c1.I. The Labute approximate surface area is 197 Å². The third kappa shape index (κ3) is 9.21. The van der Waals surface area contributed by atoms with Crippen LogP contribution in [-0.2, 0) is 6.54 Å². The third-order valence-corrected chi connectivity index (χ3v) is 4.05. The molecule has 2 aromatic carbocycles. The molecule has 1 unspecified atom stereocenters. The lowest BCUT2D eigenvalue weighted by atomic mass is 10.1. The van der Waals surface area contributed by atoms with Crippen molar-refractivity contribution in [3.63, 3.8) is 0 Å². The van der Waals surface area contributed by atoms with Crippen LogP contribution >= 0.6 is 24.0 Å². The van der Waals surface area contributed by atoms with Gasteiger partial charge in [-0.3, -0.25) is 0 Å². The number of aliphatic hydroxyl groups excluding tert-OH is 1. The number of rotatable bonds is 10. The standard InChI is InChI=1S/C23H33N3O3.HI/c1-5-24-23(25-15-18-9-7-11-20(13-18)28-6-2)26-16-22(27)19-10-8-12-21(14-19)29-17(3)4;/h7-14,17,22,27H,5-6,15-16H2,1-4H3,(H2,24,25,26);1H. The molecule has 0 spiro atoms. The maximum atomic E-state index is 10.6. The zero-order valence-electron chi connectivity index (χ0n) is 18.2. The normalized spacial score (nSPS) is 12.1. The van der Waals surface area contributed by atoms with Crippen LogP contribution in [0, 0.1) is 0 Å². The number of guanidine groups is 1. The van der Waals surface area contributed by atoms with Crippen molar-refractivity contribution in [1.82, 2.24) is 10.6 Å². The topological polar surface area (TPSA) is 75.1 Å². The fourth-order valence-electron chi connectivity index (χ4n) is 2.79. The summed E-state index contributed by atoms with van der Waals surface area (Å²) in [5, 5.41) is 17.0. The molecule has 0 saturated heterocycles. The van der Waals surface area contributed by atoms with Gasteiger partial charge in [0.15, 0.2) is 5.96 Å². The summed E-state index contributed by atoms with van der Waals surface area (Å²) >= 11 is 0. The smallest absolute Gasteiger partial charge is 0.191 e. The lowest BCUT2D eigenvalue weighted by molar-refractivity contribution is 0.179. The summed E-state index contributed by atoms with van der Waals surface area (Å²) in [6.07, 6.45) is -0.579. The lowest BCUT2D eigenvalue weighted by Crippen LogP contribution is -2.39. The Kier molecular flexibility index (Phi) is 12.2. The Morgan fingerprint density at radius 3 is 2.47 bits per heavy atom. The monoisotopic (exact) mass is 527 g/mol. The molecule has 166 valence electrons. The Morgan fingerprint density at radius 2 is 1.77 bits per heavy atom. The second kappa shape index (κ2) is 14.1. The molecule has 0 aliphatic heterocycles. The van der Waals surface area contributed by atoms with Gasteiger partial charge in [-0.25, -0.2) is 4.99 Å². The quantitative estimate of drug-likeness (QED) is 0.245. The van der Waals surface area contributed by atoms with Crippen molar-refractivity contribution in [2.45, 2.75) is 46.4 Å². The predicted octanol–water partition coefficient (Wildman–Crippen LogP) is 4.28. The van der Waals surface area contributed by atoms with Crippen LogP contribution in [0.4, 0.5) is 0 Å². The highest BCUT2D eigenvalue weighted by Gasteiger charge is 2.10. The van der Waals surface area contributed by atoms with E-state index in [9.17, 15) is 5.11 Å². The van der Waals surface area contributed by atoms with Gasteiger partial charge in [0.05, 0.1) is 25.4 Å². The average Bonchev–Trinajstić information content (AvgIpc) is 2.70. The van der Waals surface area contributed by atoms with Gasteiger partial charge in [-0.15, -0.1) is 24.0 Å². The van der Waals surface area contributed by atoms with Crippen molar-refractivity contribution in [3.8, 4) is 11.5 Å². The zero-order chi connectivity index (χ0) is 21.1. The zero-order valence-corrected chi connectivity index (χ0v) is 20.6. The molecule has 30 heavy (non-hydrogen) atoms. The molecule has 0 fully saturated rings. The first kappa shape index (κ1) is 26.0. The third-order valence-electron chi connectivity index (χ3n) is 4.05. The Morgan fingerprint density at radius 1 is 1.03 bits per heavy atom. The van der Waals surface area contributed by atoms with E-state index in [-0.39, 0.29) is 30.1 Å². The van der Waals surface area contributed by atoms with Crippen molar-refractivity contribution in [2.24, 2.45) is 4.99 Å². The Balaban J connectivity index is 0.00000450. The number of aliphatic hydroxyl groups is 1. The second-order valence-corrected chi connectivity index (χ2v) is 6.91. The highest BCUT2D eigenvalue weighted by molar-refractivity contribution is 14.0. The van der Waals surface area contributed by atoms with Crippen LogP contribution < -0.4 is 20.1 Å². The highest BCUT2D eigenvalue weighted by Crippen LogP contribution is 2.20. The minimum absolute atomic E-state index is 0. The van der Waals surface area contributed by atoms with Crippen molar-refractivity contribution < 1.29 is 14.6 Å². The number of nitrogens with zero attached hydrogens (tertiary/aromatic N) is 1. The Bertz CT molecular complexity index is 784. The van der Waals surface area contributed by atoms with Gasteiger partial charge in [-0.1, -0.05) is 24.3 Å². The number of hydrogen-bond donors (Lipinski definition) is 3. The van der Waals surface area contributed by atoms with Crippen LogP contribution in [0.15, 0.2) is 53.5 Å². The van der Waals surface area contributed by atoms with E-state index in [0.29, 0.717) is 25.7 Å². The van der Waals surface area contributed by atoms with E-state index in [2.05, 4.69) is 15.6 Å². The molecule has 0 saturated carbocycles. The molecule has 7 heteroatoms. The molecule has 0 heterocycles. The van der Waals surface area contributed by atoms with Gasteiger partial charge in [0.25, 0.3) is 0 Å². The molecule has 0 radical (unpaired) electrons. The molecule has 2 aromatic rings. The number of aliphatic imine (C=N–C) groups is 1. The molecule has 2 rings (SSSR count). The van der Waals surface area contributed by atoms with E-state index < -0.39 is 6.10 Å². The summed E-state index contributed by atoms with van der Waals surface area (Å²) in [4.78, 5) is 4.61. The summed E-state index contributed by atoms with van der Waals surface area (Å²) in [6.45, 7) is 10.2. The van der Waals surface area contributed by atoms with Crippen LogP contribution in [-0.4, -0.2) is 36.9 Å². The van der Waals surface area contributed by atoms with Crippen LogP contribution in [0.1, 0.15) is 44.9 Å². The minimum Gasteiger partial charge on any atom is -0.494 e. The summed E-state index contributed by atoms with van der Waals surface area (Å²) in [7, 11) is 0. The van der Waals surface area contributed by atoms with E-state index in [4.69, 9.17) is 9.47 Å². The van der Waals surface area contributed by atoms with Crippen molar-refractivity contribution in [1.29, 1.82) is 0 Å². The number of hydrogen-bond acceptors (Lipinski definition) is 4. The first-order valence-corrected chi connectivity index (χ1v) is 10.2. The van der Waals surface area contributed by atoms with E-state index in [1.165, 1.54) is 0 Å². The van der Waals surface area contributed by atoms with Gasteiger partial charge >= 0.3 is 0 Å². The first-order chi connectivity index (χ1) is 14.0. The highest BCUT2D eigenvalue weighted by atomic mass is 127. The van der Waals surface area contributed by atoms with E-state index in [0.717, 1.165) is 29.2 Å². The fraction of sp³-hybridized carbons (Fsp3) is 0.435. The molecule has 1 atom stereocenters. The summed E-state index contributed by atoms with van der Waals surface area (Å²) in [6, 6.07) is 15.5. The van der Waals surface area contributed by atoms with Crippen molar-refractivity contribution in [2.75, 3.05) is 19.7 Å². The molecule has 0 aliphatic rings. The predicted molar refractivity (Wildman–Crippen MR) is 133 cm³/mol. The summed E-state index contributed by atoms with van der Waals surface area (Å²) < 4.78 is 11.2. The molecule has 0 aliphatic carbocycles. The number of ether oxygens (including phenoxy) is 2. The van der Waals surface area contributed by atoms with Crippen molar-refractivity contribution >= 4 is 29.9 Å². The van der Waals surface area contributed by atoms with Gasteiger partial charge in [-0.2, -0.15) is 0 Å².